The number of carbonyl (C=O) groups is 1. The number of amides is 1. The molecule has 0 unspecified atom stereocenters. The number of aryl methyl sites for hydroxylation is 1. The molecule has 8 heteroatoms. The second kappa shape index (κ2) is 10.5. The SMILES string of the molecule is C[C@@H]1CC[C@@]2(OC1)O[C@H]1C[C@H]3[C@@H]4CCc5cc(OC(=O)NCc6ccc(C(F)(F)F)cc6)ccc5[C@H]4CC[C@]3(C)[C@H]1[C@@H]2C. The molecule has 43 heavy (non-hydrogen) atoms. The largest absolute Gasteiger partial charge is 0.416 e. The van der Waals surface area contributed by atoms with Gasteiger partial charge in [-0.1, -0.05) is 39.0 Å². The molecule has 0 radical (unpaired) electrons. The fourth-order valence-corrected chi connectivity index (χ4v) is 9.77. The lowest BCUT2D eigenvalue weighted by Gasteiger charge is -2.52. The summed E-state index contributed by atoms with van der Waals surface area (Å²) in [6.07, 6.45) is 3.06. The zero-order chi connectivity index (χ0) is 30.1. The maximum absolute atomic E-state index is 12.8. The van der Waals surface area contributed by atoms with E-state index in [4.69, 9.17) is 14.2 Å². The Hall–Kier alpha value is -2.58. The van der Waals surface area contributed by atoms with E-state index in [1.165, 1.54) is 42.5 Å². The molecular formula is C35H42F3NO4. The first-order chi connectivity index (χ1) is 20.5. The summed E-state index contributed by atoms with van der Waals surface area (Å²) in [4.78, 5) is 12.5. The van der Waals surface area contributed by atoms with Crippen LogP contribution in [0.2, 0.25) is 0 Å². The molecule has 3 aliphatic carbocycles. The van der Waals surface area contributed by atoms with Gasteiger partial charge in [-0.25, -0.2) is 4.79 Å². The summed E-state index contributed by atoms with van der Waals surface area (Å²) in [5.41, 5.74) is 2.77. The minimum Gasteiger partial charge on any atom is -0.410 e. The van der Waals surface area contributed by atoms with E-state index in [1.54, 1.807) is 0 Å². The molecule has 2 saturated carbocycles. The van der Waals surface area contributed by atoms with Crippen molar-refractivity contribution in [3.63, 3.8) is 0 Å². The van der Waals surface area contributed by atoms with Crippen molar-refractivity contribution < 1.29 is 32.2 Å². The van der Waals surface area contributed by atoms with Crippen LogP contribution in [0.15, 0.2) is 42.5 Å². The standard InChI is InChI=1S/C35H42F3NO4/c1-20-12-15-34(41-19-20)21(2)31-30(43-34)17-29-28-10-6-23-16-25(9-11-26(23)27(28)13-14-33(29,31)3)42-32(40)39-18-22-4-7-24(8-5-22)35(36,37)38/h4-5,7-9,11,16,20-21,27-31H,6,10,12-15,17-19H2,1-3H3,(H,39,40)/t20-,21+,27-,28-,29+,30+,31+,33+,34-/m1/s1. The summed E-state index contributed by atoms with van der Waals surface area (Å²) >= 11 is 0. The molecule has 2 aliphatic heterocycles. The number of carbonyl (C=O) groups excluding carboxylic acids is 1. The number of rotatable bonds is 3. The third kappa shape index (κ3) is 4.97. The van der Waals surface area contributed by atoms with Gasteiger partial charge in [0.1, 0.15) is 5.75 Å². The van der Waals surface area contributed by atoms with Crippen molar-refractivity contribution in [2.24, 2.45) is 35.0 Å². The van der Waals surface area contributed by atoms with E-state index in [0.717, 1.165) is 44.4 Å². The van der Waals surface area contributed by atoms with Gasteiger partial charge in [0.15, 0.2) is 5.79 Å². The number of benzene rings is 2. The van der Waals surface area contributed by atoms with Crippen LogP contribution < -0.4 is 10.1 Å². The molecule has 7 rings (SSSR count). The Balaban J connectivity index is 0.993. The number of halogens is 3. The summed E-state index contributed by atoms with van der Waals surface area (Å²) in [6.45, 7) is 8.08. The van der Waals surface area contributed by atoms with Gasteiger partial charge in [0.05, 0.1) is 18.3 Å². The van der Waals surface area contributed by atoms with Crippen molar-refractivity contribution in [1.29, 1.82) is 0 Å². The molecule has 2 heterocycles. The third-order valence-corrected chi connectivity index (χ3v) is 11.9. The third-order valence-electron chi connectivity index (χ3n) is 11.9. The highest BCUT2D eigenvalue weighted by molar-refractivity contribution is 5.70. The Bertz CT molecular complexity index is 1370. The van der Waals surface area contributed by atoms with E-state index < -0.39 is 17.8 Å². The van der Waals surface area contributed by atoms with Crippen LogP contribution in [0.4, 0.5) is 18.0 Å². The Kier molecular flexibility index (Phi) is 7.12. The van der Waals surface area contributed by atoms with Crippen molar-refractivity contribution in [1.82, 2.24) is 5.32 Å². The molecule has 0 aromatic heterocycles. The number of ether oxygens (including phenoxy) is 3. The Morgan fingerprint density at radius 1 is 1.07 bits per heavy atom. The summed E-state index contributed by atoms with van der Waals surface area (Å²) in [5.74, 6) is 3.47. The predicted molar refractivity (Wildman–Crippen MR) is 155 cm³/mol. The summed E-state index contributed by atoms with van der Waals surface area (Å²) < 4.78 is 57.3. The van der Waals surface area contributed by atoms with E-state index in [2.05, 4.69) is 32.2 Å². The summed E-state index contributed by atoms with van der Waals surface area (Å²) in [7, 11) is 0. The van der Waals surface area contributed by atoms with Gasteiger partial charge in [0, 0.05) is 18.9 Å². The molecule has 2 aromatic carbocycles. The molecule has 2 aromatic rings. The van der Waals surface area contributed by atoms with Gasteiger partial charge in [0.2, 0.25) is 0 Å². The van der Waals surface area contributed by atoms with Gasteiger partial charge in [-0.15, -0.1) is 0 Å². The molecule has 4 fully saturated rings. The molecule has 1 N–H and O–H groups in total. The lowest BCUT2D eigenvalue weighted by atomic mass is 9.53. The van der Waals surface area contributed by atoms with Crippen LogP contribution in [0.3, 0.4) is 0 Å². The summed E-state index contributed by atoms with van der Waals surface area (Å²) in [5, 5.41) is 2.64. The molecule has 232 valence electrons. The topological polar surface area (TPSA) is 56.8 Å². The average molecular weight is 598 g/mol. The fraction of sp³-hybridized carbons (Fsp3) is 0.629. The molecule has 9 atom stereocenters. The highest BCUT2D eigenvalue weighted by Gasteiger charge is 2.67. The second-order valence-electron chi connectivity index (χ2n) is 14.2. The Morgan fingerprint density at radius 3 is 2.58 bits per heavy atom. The number of nitrogens with one attached hydrogen (secondary N) is 1. The molecule has 1 amide bonds. The van der Waals surface area contributed by atoms with Crippen LogP contribution in [-0.4, -0.2) is 24.6 Å². The van der Waals surface area contributed by atoms with Crippen molar-refractivity contribution in [2.45, 2.75) is 96.2 Å². The van der Waals surface area contributed by atoms with E-state index in [0.29, 0.717) is 46.8 Å². The maximum Gasteiger partial charge on any atom is 0.416 e. The number of hydrogen-bond acceptors (Lipinski definition) is 4. The van der Waals surface area contributed by atoms with Crippen molar-refractivity contribution in [3.05, 3.63) is 64.7 Å². The lowest BCUT2D eigenvalue weighted by Crippen LogP contribution is -2.48. The number of hydrogen-bond donors (Lipinski definition) is 1. The number of alkyl halides is 3. The molecular weight excluding hydrogens is 555 g/mol. The minimum atomic E-state index is -4.38. The normalized spacial score (nSPS) is 38.1. The second-order valence-corrected chi connectivity index (χ2v) is 14.2. The Labute approximate surface area is 251 Å². The smallest absolute Gasteiger partial charge is 0.410 e. The molecule has 5 aliphatic rings. The van der Waals surface area contributed by atoms with E-state index in [1.807, 2.05) is 12.1 Å². The first-order valence-electron chi connectivity index (χ1n) is 16.0. The van der Waals surface area contributed by atoms with Crippen LogP contribution in [0.25, 0.3) is 0 Å². The van der Waals surface area contributed by atoms with Crippen molar-refractivity contribution in [3.8, 4) is 5.75 Å². The Morgan fingerprint density at radius 2 is 1.86 bits per heavy atom. The molecule has 5 nitrogen and oxygen atoms in total. The first-order valence-corrected chi connectivity index (χ1v) is 16.0. The van der Waals surface area contributed by atoms with Crippen LogP contribution >= 0.6 is 0 Å². The van der Waals surface area contributed by atoms with Gasteiger partial charge in [-0.3, -0.25) is 0 Å². The minimum absolute atomic E-state index is 0.0858. The van der Waals surface area contributed by atoms with Crippen molar-refractivity contribution in [2.75, 3.05) is 6.61 Å². The monoisotopic (exact) mass is 597 g/mol. The van der Waals surface area contributed by atoms with Crippen LogP contribution in [0.5, 0.6) is 5.75 Å². The fourth-order valence-electron chi connectivity index (χ4n) is 9.77. The highest BCUT2D eigenvalue weighted by atomic mass is 19.4. The highest BCUT2D eigenvalue weighted by Crippen LogP contribution is 2.69. The van der Waals surface area contributed by atoms with Gasteiger partial charge < -0.3 is 19.5 Å². The zero-order valence-electron chi connectivity index (χ0n) is 25.2. The van der Waals surface area contributed by atoms with Crippen LogP contribution in [-0.2, 0) is 28.6 Å². The van der Waals surface area contributed by atoms with Crippen LogP contribution in [0, 0.1) is 35.0 Å². The predicted octanol–water partition coefficient (Wildman–Crippen LogP) is 8.25. The van der Waals surface area contributed by atoms with Gasteiger partial charge in [-0.05, 0) is 114 Å². The van der Waals surface area contributed by atoms with Gasteiger partial charge in [0.25, 0.3) is 0 Å². The zero-order valence-corrected chi connectivity index (χ0v) is 25.2. The first kappa shape index (κ1) is 29.1. The molecule has 2 saturated heterocycles. The van der Waals surface area contributed by atoms with Crippen LogP contribution in [0.1, 0.15) is 87.5 Å². The quantitative estimate of drug-likeness (QED) is 0.387. The van der Waals surface area contributed by atoms with E-state index >= 15 is 0 Å². The van der Waals surface area contributed by atoms with Crippen molar-refractivity contribution >= 4 is 6.09 Å². The number of fused-ring (bicyclic) bond motifs is 7. The average Bonchev–Trinajstić information content (AvgIpc) is 3.42. The van der Waals surface area contributed by atoms with Gasteiger partial charge >= 0.3 is 12.3 Å². The van der Waals surface area contributed by atoms with E-state index in [-0.39, 0.29) is 23.9 Å². The van der Waals surface area contributed by atoms with Gasteiger partial charge in [-0.2, -0.15) is 13.2 Å². The summed E-state index contributed by atoms with van der Waals surface area (Å²) in [6, 6.07) is 10.8. The molecule has 1 spiro atoms. The lowest BCUT2D eigenvalue weighted by molar-refractivity contribution is -0.272. The maximum atomic E-state index is 12.8. The van der Waals surface area contributed by atoms with E-state index in [9.17, 15) is 18.0 Å². The molecule has 0 bridgehead atoms.